The van der Waals surface area contributed by atoms with Crippen LogP contribution in [0.15, 0.2) is 29.3 Å². The van der Waals surface area contributed by atoms with Gasteiger partial charge in [-0.3, -0.25) is 4.79 Å². The molecule has 0 saturated carbocycles. The highest BCUT2D eigenvalue weighted by Crippen LogP contribution is 2.26. The summed E-state index contributed by atoms with van der Waals surface area (Å²) in [6.45, 7) is 7.85. The second-order valence-corrected chi connectivity index (χ2v) is 6.84. The van der Waals surface area contributed by atoms with Crippen molar-refractivity contribution in [3.63, 3.8) is 0 Å². The van der Waals surface area contributed by atoms with Crippen LogP contribution in [0.5, 0.6) is 0 Å². The Labute approximate surface area is 147 Å². The number of nitrogens with one attached hydrogen (secondary N) is 1. The second kappa shape index (κ2) is 7.98. The molecule has 1 aromatic heterocycles. The number of aromatic nitrogens is 1. The van der Waals surface area contributed by atoms with E-state index < -0.39 is 0 Å². The highest BCUT2D eigenvalue weighted by molar-refractivity contribution is 7.99. The molecule has 124 valence electrons. The van der Waals surface area contributed by atoms with E-state index in [1.165, 1.54) is 11.8 Å². The van der Waals surface area contributed by atoms with Crippen LogP contribution in [0, 0.1) is 39.0 Å². The van der Waals surface area contributed by atoms with E-state index in [1.807, 2.05) is 52.0 Å². The Kier molecular flexibility index (Phi) is 5.99. The molecule has 0 atom stereocenters. The van der Waals surface area contributed by atoms with E-state index in [4.69, 9.17) is 0 Å². The fraction of sp³-hybridized carbons (Fsp3) is 0.316. The molecule has 24 heavy (non-hydrogen) atoms. The first-order valence-corrected chi connectivity index (χ1v) is 8.78. The Hall–Kier alpha value is -2.32. The number of benzene rings is 1. The predicted molar refractivity (Wildman–Crippen MR) is 98.3 cm³/mol. The zero-order valence-corrected chi connectivity index (χ0v) is 15.3. The first kappa shape index (κ1) is 18.0. The molecule has 1 N–H and O–H groups in total. The summed E-state index contributed by atoms with van der Waals surface area (Å²) in [5, 5.41) is 13.0. The molecule has 1 amide bonds. The van der Waals surface area contributed by atoms with Gasteiger partial charge in [0.05, 0.1) is 5.56 Å². The smallest absolute Gasteiger partial charge is 0.225 e. The summed E-state index contributed by atoms with van der Waals surface area (Å²) in [4.78, 5) is 16.6. The third-order valence-electron chi connectivity index (χ3n) is 3.94. The molecular weight excluding hydrogens is 318 g/mol. The molecule has 0 aliphatic heterocycles. The van der Waals surface area contributed by atoms with Gasteiger partial charge in [0.1, 0.15) is 11.1 Å². The summed E-state index contributed by atoms with van der Waals surface area (Å²) >= 11 is 1.46. The standard InChI is InChI=1S/C19H21N3OS/c1-12-6-5-7-16(10-12)22-18(23)8-9-24-19-17(11-20)14(3)13(2)15(4)21-19/h5-7,10H,8-9H2,1-4H3,(H,22,23). The van der Waals surface area contributed by atoms with E-state index in [-0.39, 0.29) is 5.91 Å². The number of hydrogen-bond donors (Lipinski definition) is 1. The minimum absolute atomic E-state index is 0.0350. The lowest BCUT2D eigenvalue weighted by Crippen LogP contribution is -2.12. The zero-order chi connectivity index (χ0) is 17.7. The molecular formula is C19H21N3OS. The fourth-order valence-electron chi connectivity index (χ4n) is 2.33. The number of rotatable bonds is 5. The van der Waals surface area contributed by atoms with Crippen LogP contribution in [0.25, 0.3) is 0 Å². The molecule has 0 fully saturated rings. The van der Waals surface area contributed by atoms with Gasteiger partial charge in [0.2, 0.25) is 5.91 Å². The molecule has 0 aliphatic carbocycles. The van der Waals surface area contributed by atoms with Crippen molar-refractivity contribution in [1.82, 2.24) is 4.98 Å². The van der Waals surface area contributed by atoms with E-state index in [0.717, 1.165) is 28.1 Å². The Morgan fingerprint density at radius 3 is 2.67 bits per heavy atom. The zero-order valence-electron chi connectivity index (χ0n) is 14.4. The summed E-state index contributed by atoms with van der Waals surface area (Å²) in [5.41, 5.74) is 5.48. The molecule has 0 radical (unpaired) electrons. The number of anilines is 1. The molecule has 0 saturated heterocycles. The normalized spacial score (nSPS) is 10.3. The van der Waals surface area contributed by atoms with Crippen LogP contribution in [-0.2, 0) is 4.79 Å². The largest absolute Gasteiger partial charge is 0.326 e. The van der Waals surface area contributed by atoms with Gasteiger partial charge in [0, 0.05) is 23.6 Å². The van der Waals surface area contributed by atoms with Crippen molar-refractivity contribution in [2.75, 3.05) is 11.1 Å². The number of nitrogens with zero attached hydrogens (tertiary/aromatic N) is 2. The molecule has 2 aromatic rings. The Morgan fingerprint density at radius 2 is 2.00 bits per heavy atom. The lowest BCUT2D eigenvalue weighted by Gasteiger charge is -2.11. The molecule has 1 heterocycles. The van der Waals surface area contributed by atoms with Gasteiger partial charge in [-0.1, -0.05) is 12.1 Å². The number of amides is 1. The summed E-state index contributed by atoms with van der Waals surface area (Å²) in [7, 11) is 0. The summed E-state index contributed by atoms with van der Waals surface area (Å²) < 4.78 is 0. The maximum atomic E-state index is 12.0. The molecule has 0 aliphatic rings. The number of carbonyl (C=O) groups excluding carboxylic acids is 1. The van der Waals surface area contributed by atoms with E-state index in [2.05, 4.69) is 16.4 Å². The Balaban J connectivity index is 1.97. The Bertz CT molecular complexity index is 809. The third kappa shape index (κ3) is 4.36. The van der Waals surface area contributed by atoms with Gasteiger partial charge < -0.3 is 5.32 Å². The van der Waals surface area contributed by atoms with Crippen LogP contribution in [0.1, 0.15) is 34.4 Å². The minimum atomic E-state index is -0.0350. The number of pyridine rings is 1. The molecule has 0 spiro atoms. The number of hydrogen-bond acceptors (Lipinski definition) is 4. The average molecular weight is 339 g/mol. The lowest BCUT2D eigenvalue weighted by molar-refractivity contribution is -0.115. The fourth-order valence-corrected chi connectivity index (χ4v) is 3.36. The summed E-state index contributed by atoms with van der Waals surface area (Å²) in [6.07, 6.45) is 0.372. The molecule has 1 aromatic carbocycles. The van der Waals surface area contributed by atoms with E-state index in [0.29, 0.717) is 22.8 Å². The van der Waals surface area contributed by atoms with Crippen LogP contribution in [0.2, 0.25) is 0 Å². The number of nitriles is 1. The number of carbonyl (C=O) groups is 1. The summed E-state index contributed by atoms with van der Waals surface area (Å²) in [6, 6.07) is 9.95. The van der Waals surface area contributed by atoms with Gasteiger partial charge in [-0.05, 0) is 56.5 Å². The minimum Gasteiger partial charge on any atom is -0.326 e. The third-order valence-corrected chi connectivity index (χ3v) is 4.92. The highest BCUT2D eigenvalue weighted by Gasteiger charge is 2.13. The molecule has 0 unspecified atom stereocenters. The van der Waals surface area contributed by atoms with Crippen molar-refractivity contribution in [3.8, 4) is 6.07 Å². The first-order chi connectivity index (χ1) is 11.4. The average Bonchev–Trinajstić information content (AvgIpc) is 2.53. The van der Waals surface area contributed by atoms with Gasteiger partial charge in [-0.2, -0.15) is 5.26 Å². The number of thioether (sulfide) groups is 1. The maximum absolute atomic E-state index is 12.0. The van der Waals surface area contributed by atoms with Crippen LogP contribution in [0.4, 0.5) is 5.69 Å². The van der Waals surface area contributed by atoms with Gasteiger partial charge >= 0.3 is 0 Å². The van der Waals surface area contributed by atoms with E-state index >= 15 is 0 Å². The lowest BCUT2D eigenvalue weighted by atomic mass is 10.1. The predicted octanol–water partition coefficient (Wildman–Crippen LogP) is 4.31. The van der Waals surface area contributed by atoms with Crippen molar-refractivity contribution in [2.24, 2.45) is 0 Å². The molecule has 5 heteroatoms. The van der Waals surface area contributed by atoms with Crippen molar-refractivity contribution < 1.29 is 4.79 Å². The molecule has 0 bridgehead atoms. The number of aryl methyl sites for hydroxylation is 2. The topological polar surface area (TPSA) is 65.8 Å². The molecule has 2 rings (SSSR count). The SMILES string of the molecule is Cc1cccc(NC(=O)CCSc2nc(C)c(C)c(C)c2C#N)c1. The first-order valence-electron chi connectivity index (χ1n) is 7.79. The molecule has 4 nitrogen and oxygen atoms in total. The van der Waals surface area contributed by atoms with Crippen LogP contribution in [-0.4, -0.2) is 16.6 Å². The monoisotopic (exact) mass is 339 g/mol. The highest BCUT2D eigenvalue weighted by atomic mass is 32.2. The van der Waals surface area contributed by atoms with Crippen molar-refractivity contribution in [1.29, 1.82) is 5.26 Å². The van der Waals surface area contributed by atoms with Gasteiger partial charge in [-0.15, -0.1) is 11.8 Å². The van der Waals surface area contributed by atoms with E-state index in [1.54, 1.807) is 0 Å². The van der Waals surface area contributed by atoms with Gasteiger partial charge in [-0.25, -0.2) is 4.98 Å². The Morgan fingerprint density at radius 1 is 1.25 bits per heavy atom. The van der Waals surface area contributed by atoms with Gasteiger partial charge in [0.25, 0.3) is 0 Å². The van der Waals surface area contributed by atoms with Crippen LogP contribution < -0.4 is 5.32 Å². The van der Waals surface area contributed by atoms with Crippen LogP contribution in [0.3, 0.4) is 0 Å². The summed E-state index contributed by atoms with van der Waals surface area (Å²) in [5.74, 6) is 0.550. The quantitative estimate of drug-likeness (QED) is 0.825. The second-order valence-electron chi connectivity index (χ2n) is 5.76. The van der Waals surface area contributed by atoms with Crippen molar-refractivity contribution in [2.45, 2.75) is 39.1 Å². The van der Waals surface area contributed by atoms with Crippen molar-refractivity contribution >= 4 is 23.4 Å². The maximum Gasteiger partial charge on any atom is 0.225 e. The van der Waals surface area contributed by atoms with Crippen molar-refractivity contribution in [3.05, 3.63) is 52.2 Å². The van der Waals surface area contributed by atoms with Crippen LogP contribution >= 0.6 is 11.8 Å². The van der Waals surface area contributed by atoms with E-state index in [9.17, 15) is 10.1 Å². The van der Waals surface area contributed by atoms with Gasteiger partial charge in [0.15, 0.2) is 0 Å².